The van der Waals surface area contributed by atoms with Crippen LogP contribution in [0.15, 0.2) is 68.9 Å². The first-order valence-electron chi connectivity index (χ1n) is 24.4. The molecule has 0 radical (unpaired) electrons. The number of halogens is 6. The molecule has 6 aromatic heterocycles. The Morgan fingerprint density at radius 2 is 1.32 bits per heavy atom. The zero-order valence-electron chi connectivity index (χ0n) is 43.7. The predicted molar refractivity (Wildman–Crippen MR) is 274 cm³/mol. The van der Waals surface area contributed by atoms with E-state index < -0.39 is 60.9 Å². The average molecular weight is 1120 g/mol. The van der Waals surface area contributed by atoms with E-state index in [2.05, 4.69) is 79.1 Å². The maximum absolute atomic E-state index is 14.0. The Morgan fingerprint density at radius 1 is 0.763 bits per heavy atom. The van der Waals surface area contributed by atoms with Gasteiger partial charge in [0.2, 0.25) is 11.9 Å². The summed E-state index contributed by atoms with van der Waals surface area (Å²) in [4.78, 5) is 75.5. The van der Waals surface area contributed by atoms with E-state index >= 15 is 0 Å². The van der Waals surface area contributed by atoms with Crippen molar-refractivity contribution < 1.29 is 49.9 Å². The summed E-state index contributed by atoms with van der Waals surface area (Å²) < 4.78 is 96.7. The molecule has 0 atom stereocenters. The number of hydrogen-bond acceptors (Lipinski definition) is 17. The van der Waals surface area contributed by atoms with Crippen LogP contribution in [0, 0.1) is 0 Å². The van der Waals surface area contributed by atoms with Crippen LogP contribution in [-0.4, -0.2) is 124 Å². The van der Waals surface area contributed by atoms with Gasteiger partial charge in [0.1, 0.15) is 15.7 Å². The van der Waals surface area contributed by atoms with Gasteiger partial charge in [0, 0.05) is 60.4 Å². The molecule has 2 amide bonds. The molecule has 6 aromatic rings. The molecule has 0 aromatic carbocycles. The third kappa shape index (κ3) is 12.9. The number of alkyl halides is 6. The zero-order valence-corrected chi connectivity index (χ0v) is 46.3. The second-order valence-electron chi connectivity index (χ2n) is 21.7. The molecule has 2 aliphatic heterocycles. The monoisotopic (exact) mass is 1120 g/mol. The number of hydrogen-bond donors (Lipinski definition) is 2. The summed E-state index contributed by atoms with van der Waals surface area (Å²) in [6.07, 6.45) is -4.66. The van der Waals surface area contributed by atoms with Crippen LogP contribution in [-0.2, 0) is 32.9 Å². The van der Waals surface area contributed by atoms with Gasteiger partial charge in [-0.2, -0.15) is 36.3 Å². The molecule has 0 unspecified atom stereocenters. The third-order valence-electron chi connectivity index (χ3n) is 13.6. The van der Waals surface area contributed by atoms with E-state index in [1.165, 1.54) is 36.7 Å². The Kier molecular flexibility index (Phi) is 15.6. The lowest BCUT2D eigenvalue weighted by Crippen LogP contribution is -2.60. The molecule has 28 heteroatoms. The summed E-state index contributed by atoms with van der Waals surface area (Å²) in [5, 5.41) is 4.33. The predicted octanol–water partition coefficient (Wildman–Crippen LogP) is 10.9. The highest BCUT2D eigenvalue weighted by Gasteiger charge is 2.46. The number of anilines is 2. The van der Waals surface area contributed by atoms with Crippen molar-refractivity contribution in [2.75, 3.05) is 42.6 Å². The molecule has 0 spiro atoms. The lowest BCUT2D eigenvalue weighted by atomic mass is 9.89. The number of rotatable bonds is 12. The van der Waals surface area contributed by atoms with Gasteiger partial charge in [-0.15, -0.1) is 5.06 Å². The molecule has 0 aliphatic carbocycles. The second kappa shape index (κ2) is 21.1. The standard InChI is InChI=1S/C48H60F6N14O5S2Si/c1-43(2,3)72-42(70)68(73-41(69)64-45(7)15-21-65(22-16-45)39-61-35-36(62-39)59-31(27-57-35)74-29-13-11-19-55-33(29)47(49,50)51)46(8)17-23-66(24-18-46)40-63-37-38(67(40)25-26-71-76(9,10)44(4,5)6)58-28-32(60-37)75-30-14-12-20-56-34(30)48(52,53)54/h11-14,19-20,27-28H,15-18,21-26H2,1-10H3,(H,64,69)(H,57,59,61,62). The van der Waals surface area contributed by atoms with Crippen LogP contribution in [0.5, 0.6) is 0 Å². The first kappa shape index (κ1) is 56.2. The zero-order chi connectivity index (χ0) is 55.2. The molecule has 410 valence electrons. The molecule has 2 N–H and O–H groups in total. The van der Waals surface area contributed by atoms with Crippen molar-refractivity contribution >= 4 is 78.5 Å². The largest absolute Gasteiger partial charge is 0.444 e. The quantitative estimate of drug-likeness (QED) is 0.0663. The van der Waals surface area contributed by atoms with E-state index in [1.54, 1.807) is 20.8 Å². The van der Waals surface area contributed by atoms with Crippen molar-refractivity contribution in [3.8, 4) is 0 Å². The van der Waals surface area contributed by atoms with E-state index in [9.17, 15) is 35.9 Å². The van der Waals surface area contributed by atoms with Crippen LogP contribution < -0.4 is 15.1 Å². The number of carbonyl (C=O) groups is 2. The summed E-state index contributed by atoms with van der Waals surface area (Å²) in [6, 6.07) is 5.48. The van der Waals surface area contributed by atoms with Gasteiger partial charge in [0.05, 0.1) is 24.5 Å². The van der Waals surface area contributed by atoms with Crippen molar-refractivity contribution in [2.24, 2.45) is 0 Å². The van der Waals surface area contributed by atoms with Crippen LogP contribution in [0.25, 0.3) is 22.6 Å². The van der Waals surface area contributed by atoms with Gasteiger partial charge in [0.25, 0.3) is 0 Å². The van der Waals surface area contributed by atoms with Crippen molar-refractivity contribution in [3.05, 3.63) is 60.4 Å². The van der Waals surface area contributed by atoms with E-state index in [0.717, 1.165) is 41.0 Å². The Balaban J connectivity index is 0.956. The minimum atomic E-state index is -4.68. The molecule has 2 saturated heterocycles. The van der Waals surface area contributed by atoms with Gasteiger partial charge in [-0.05, 0) is 103 Å². The second-order valence-corrected chi connectivity index (χ2v) is 28.6. The van der Waals surface area contributed by atoms with Crippen LogP contribution >= 0.6 is 23.5 Å². The highest BCUT2D eigenvalue weighted by atomic mass is 32.2. The maximum atomic E-state index is 14.0. The molecule has 76 heavy (non-hydrogen) atoms. The number of aromatic nitrogens is 10. The number of nitrogens with zero attached hydrogens (tertiary/aromatic N) is 12. The first-order valence-corrected chi connectivity index (χ1v) is 29.0. The van der Waals surface area contributed by atoms with Crippen LogP contribution in [0.1, 0.15) is 92.5 Å². The summed E-state index contributed by atoms with van der Waals surface area (Å²) >= 11 is 1.57. The number of hydroxylamine groups is 2. The molecule has 0 saturated carbocycles. The number of aromatic amines is 1. The van der Waals surface area contributed by atoms with Gasteiger partial charge in [0.15, 0.2) is 42.3 Å². The summed E-state index contributed by atoms with van der Waals surface area (Å²) in [7, 11) is -2.18. The fraction of sp³-hybridized carbons (Fsp3) is 0.542. The number of fused-ring (bicyclic) bond motifs is 2. The van der Waals surface area contributed by atoms with Crippen molar-refractivity contribution in [3.63, 3.8) is 0 Å². The Hall–Kier alpha value is -6.00. The molecular formula is C48H60F6N14O5S2Si. The van der Waals surface area contributed by atoms with Crippen molar-refractivity contribution in [1.82, 2.24) is 59.8 Å². The molecule has 2 fully saturated rings. The molecule has 8 heterocycles. The third-order valence-corrected chi connectivity index (χ3v) is 20.0. The number of carbonyl (C=O) groups excluding carboxylic acids is 2. The van der Waals surface area contributed by atoms with Gasteiger partial charge >= 0.3 is 24.5 Å². The van der Waals surface area contributed by atoms with E-state index in [0.29, 0.717) is 75.4 Å². The van der Waals surface area contributed by atoms with Crippen LogP contribution in [0.3, 0.4) is 0 Å². The number of H-pyrrole nitrogens is 1. The Labute approximate surface area is 444 Å². The van der Waals surface area contributed by atoms with Gasteiger partial charge in [-0.1, -0.05) is 44.3 Å². The van der Waals surface area contributed by atoms with E-state index in [1.807, 2.05) is 28.2 Å². The number of ether oxygens (including phenoxy) is 1. The van der Waals surface area contributed by atoms with Gasteiger partial charge in [-0.25, -0.2) is 29.5 Å². The molecular weight excluding hydrogens is 1060 g/mol. The highest BCUT2D eigenvalue weighted by molar-refractivity contribution is 7.99. The maximum Gasteiger partial charge on any atom is 0.444 e. The first-order chi connectivity index (χ1) is 35.4. The van der Waals surface area contributed by atoms with Gasteiger partial charge in [-0.3, -0.25) is 14.5 Å². The topological polar surface area (TPSA) is 207 Å². The van der Waals surface area contributed by atoms with Crippen LogP contribution in [0.4, 0.5) is 47.8 Å². The number of amides is 2. The lowest BCUT2D eigenvalue weighted by molar-refractivity contribution is -0.162. The van der Waals surface area contributed by atoms with Crippen LogP contribution in [0.2, 0.25) is 18.1 Å². The fourth-order valence-corrected chi connectivity index (χ4v) is 11.1. The van der Waals surface area contributed by atoms with E-state index in [4.69, 9.17) is 19.0 Å². The smallest absolute Gasteiger partial charge is 0.442 e. The summed E-state index contributed by atoms with van der Waals surface area (Å²) in [6.45, 7) is 21.7. The molecule has 19 nitrogen and oxygen atoms in total. The van der Waals surface area contributed by atoms with Gasteiger partial charge < -0.3 is 34.1 Å². The summed E-state index contributed by atoms with van der Waals surface area (Å²) in [5.74, 6) is 0.949. The number of pyridine rings is 2. The van der Waals surface area contributed by atoms with E-state index in [-0.39, 0.29) is 49.0 Å². The molecule has 0 bridgehead atoms. The van der Waals surface area contributed by atoms with Crippen molar-refractivity contribution in [1.29, 1.82) is 0 Å². The average Bonchev–Trinajstić information content (AvgIpc) is 3.91. The Bertz CT molecular complexity index is 3080. The number of nitrogens with one attached hydrogen (secondary N) is 2. The van der Waals surface area contributed by atoms with Crippen molar-refractivity contribution in [2.45, 2.75) is 155 Å². The molecule has 2 aliphatic rings. The lowest BCUT2D eigenvalue weighted by Gasteiger charge is -2.45. The normalized spacial score (nSPS) is 16.5. The number of imidazole rings is 2. The highest BCUT2D eigenvalue weighted by Crippen LogP contribution is 2.41. The minimum absolute atomic E-state index is 0.0601. The SMILES string of the molecule is CC1(NC(=O)ON(C(=O)OC(C)(C)C)C2(C)CCN(c3nc4nc(Sc5cccnc5C(F)(F)F)cnc4n3CCO[Si](C)(C)C(C)(C)C)CC2)CCN(c2nc3nc(Sc4cccnc4C(F)(F)F)cnc3[nH]2)CC1. The molecule has 8 rings (SSSR count). The number of piperidine rings is 2. The fourth-order valence-electron chi connectivity index (χ4n) is 8.29. The Morgan fingerprint density at radius 3 is 1.87 bits per heavy atom. The minimum Gasteiger partial charge on any atom is -0.442 e. The summed E-state index contributed by atoms with van der Waals surface area (Å²) in [5.41, 5.74) is -3.65.